The number of unbranched alkanes of at least 4 members (excludes halogenated alkanes) is 1. The van der Waals surface area contributed by atoms with Crippen LogP contribution in [0.3, 0.4) is 0 Å². The monoisotopic (exact) mass is 289 g/mol. The Bertz CT molecular complexity index is 505. The van der Waals surface area contributed by atoms with E-state index in [1.165, 1.54) is 6.92 Å². The van der Waals surface area contributed by atoms with E-state index in [0.717, 1.165) is 19.4 Å². The Morgan fingerprint density at radius 3 is 2.71 bits per heavy atom. The molecule has 0 aliphatic rings. The average molecular weight is 289 g/mol. The van der Waals surface area contributed by atoms with Crippen LogP contribution >= 0.6 is 0 Å². The molecule has 0 N–H and O–H groups in total. The van der Waals surface area contributed by atoms with Crippen molar-refractivity contribution in [2.24, 2.45) is 0 Å². The Balaban J connectivity index is 2.42. The molecule has 0 spiro atoms. The predicted molar refractivity (Wildman–Crippen MR) is 84.1 cm³/mol. The molecule has 0 unspecified atom stereocenters. The molecule has 0 amide bonds. The molecule has 1 rings (SSSR count). The second-order valence-corrected chi connectivity index (χ2v) is 4.92. The van der Waals surface area contributed by atoms with Crippen molar-refractivity contribution >= 4 is 5.78 Å². The van der Waals surface area contributed by atoms with Crippen LogP contribution in [0.15, 0.2) is 18.2 Å². The van der Waals surface area contributed by atoms with Crippen LogP contribution in [0.2, 0.25) is 0 Å². The summed E-state index contributed by atoms with van der Waals surface area (Å²) in [6, 6.07) is 5.24. The van der Waals surface area contributed by atoms with Crippen LogP contribution in [-0.2, 0) is 0 Å². The van der Waals surface area contributed by atoms with Gasteiger partial charge in [-0.2, -0.15) is 0 Å². The Morgan fingerprint density at radius 1 is 1.33 bits per heavy atom. The molecule has 21 heavy (non-hydrogen) atoms. The van der Waals surface area contributed by atoms with Gasteiger partial charge in [-0.05, 0) is 51.6 Å². The number of benzene rings is 1. The molecule has 0 aliphatic heterocycles. The molecule has 0 fully saturated rings. The van der Waals surface area contributed by atoms with Crippen LogP contribution < -0.4 is 9.47 Å². The number of carbonyl (C=O) groups is 1. The van der Waals surface area contributed by atoms with Gasteiger partial charge in [0.25, 0.3) is 0 Å². The highest BCUT2D eigenvalue weighted by Gasteiger charge is 2.08. The van der Waals surface area contributed by atoms with Gasteiger partial charge in [-0.1, -0.05) is 5.92 Å². The number of rotatable bonds is 9. The molecule has 4 nitrogen and oxygen atoms in total. The fourth-order valence-electron chi connectivity index (χ4n) is 1.91. The maximum Gasteiger partial charge on any atom is 0.161 e. The molecule has 4 heteroatoms. The molecule has 0 aliphatic carbocycles. The summed E-state index contributed by atoms with van der Waals surface area (Å²) in [5.41, 5.74) is 0.620. The van der Waals surface area contributed by atoms with E-state index >= 15 is 0 Å². The zero-order valence-electron chi connectivity index (χ0n) is 13.0. The Labute approximate surface area is 127 Å². The molecule has 1 aromatic carbocycles. The number of terminal acetylenes is 1. The maximum absolute atomic E-state index is 11.3. The van der Waals surface area contributed by atoms with Crippen LogP contribution in [0.1, 0.15) is 30.1 Å². The highest BCUT2D eigenvalue weighted by atomic mass is 16.5. The molecule has 0 bridgehead atoms. The van der Waals surface area contributed by atoms with Crippen molar-refractivity contribution in [3.05, 3.63) is 23.8 Å². The summed E-state index contributed by atoms with van der Waals surface area (Å²) >= 11 is 0. The van der Waals surface area contributed by atoms with E-state index in [-0.39, 0.29) is 5.78 Å². The standard InChI is InChI=1S/C17H23NO3/c1-5-10-18(3)11-6-7-12-21-16-9-8-15(14(2)19)13-17(16)20-4/h1,8-9,13H,6-7,10-12H2,2-4H3. The van der Waals surface area contributed by atoms with Gasteiger partial charge in [0.05, 0.1) is 20.3 Å². The van der Waals surface area contributed by atoms with E-state index in [1.54, 1.807) is 25.3 Å². The van der Waals surface area contributed by atoms with Crippen LogP contribution in [-0.4, -0.2) is 44.5 Å². The Kier molecular flexibility index (Phi) is 7.34. The fraction of sp³-hybridized carbons (Fsp3) is 0.471. The van der Waals surface area contributed by atoms with Gasteiger partial charge in [-0.15, -0.1) is 6.42 Å². The fourth-order valence-corrected chi connectivity index (χ4v) is 1.91. The first kappa shape index (κ1) is 17.1. The number of hydrogen-bond acceptors (Lipinski definition) is 4. The molecule has 1 aromatic rings. The van der Waals surface area contributed by atoms with E-state index in [9.17, 15) is 4.79 Å². The zero-order valence-corrected chi connectivity index (χ0v) is 13.0. The van der Waals surface area contributed by atoms with Gasteiger partial charge in [-0.3, -0.25) is 9.69 Å². The van der Waals surface area contributed by atoms with E-state index in [4.69, 9.17) is 15.9 Å². The summed E-state index contributed by atoms with van der Waals surface area (Å²) in [5.74, 6) is 3.88. The number of nitrogens with zero attached hydrogens (tertiary/aromatic N) is 1. The molecular weight excluding hydrogens is 266 g/mol. The van der Waals surface area contributed by atoms with Crippen molar-refractivity contribution in [2.45, 2.75) is 19.8 Å². The van der Waals surface area contributed by atoms with Gasteiger partial charge in [0.15, 0.2) is 17.3 Å². The van der Waals surface area contributed by atoms with Crippen LogP contribution in [0.4, 0.5) is 0 Å². The van der Waals surface area contributed by atoms with Gasteiger partial charge in [0.2, 0.25) is 0 Å². The molecule has 0 radical (unpaired) electrons. The number of hydrogen-bond donors (Lipinski definition) is 0. The molecule has 0 heterocycles. The third-order valence-corrected chi connectivity index (χ3v) is 3.12. The van der Waals surface area contributed by atoms with Crippen molar-refractivity contribution < 1.29 is 14.3 Å². The number of Topliss-reactive ketones (excluding diaryl/α,β-unsaturated/α-hetero) is 1. The van der Waals surface area contributed by atoms with Gasteiger partial charge >= 0.3 is 0 Å². The lowest BCUT2D eigenvalue weighted by molar-refractivity contribution is 0.101. The van der Waals surface area contributed by atoms with E-state index in [2.05, 4.69) is 10.8 Å². The number of ketones is 1. The quantitative estimate of drug-likeness (QED) is 0.398. The van der Waals surface area contributed by atoms with Crippen LogP contribution in [0.5, 0.6) is 11.5 Å². The number of carbonyl (C=O) groups excluding carboxylic acids is 1. The minimum Gasteiger partial charge on any atom is -0.493 e. The summed E-state index contributed by atoms with van der Waals surface area (Å²) in [5, 5.41) is 0. The summed E-state index contributed by atoms with van der Waals surface area (Å²) in [7, 11) is 3.57. The summed E-state index contributed by atoms with van der Waals surface area (Å²) in [4.78, 5) is 13.4. The third kappa shape index (κ3) is 5.88. The first-order valence-corrected chi connectivity index (χ1v) is 7.02. The lowest BCUT2D eigenvalue weighted by Gasteiger charge is -2.14. The molecule has 0 aromatic heterocycles. The molecular formula is C17H23NO3. The predicted octanol–water partition coefficient (Wildman–Crippen LogP) is 2.62. The molecule has 0 saturated heterocycles. The highest BCUT2D eigenvalue weighted by Crippen LogP contribution is 2.28. The molecule has 0 atom stereocenters. The third-order valence-electron chi connectivity index (χ3n) is 3.12. The van der Waals surface area contributed by atoms with Crippen LogP contribution in [0, 0.1) is 12.3 Å². The largest absolute Gasteiger partial charge is 0.493 e. The first-order valence-electron chi connectivity index (χ1n) is 7.02. The summed E-state index contributed by atoms with van der Waals surface area (Å²) in [6.45, 7) is 3.76. The van der Waals surface area contributed by atoms with E-state index in [0.29, 0.717) is 30.2 Å². The van der Waals surface area contributed by atoms with Gasteiger partial charge in [-0.25, -0.2) is 0 Å². The van der Waals surface area contributed by atoms with Crippen LogP contribution in [0.25, 0.3) is 0 Å². The highest BCUT2D eigenvalue weighted by molar-refractivity contribution is 5.94. The smallest absolute Gasteiger partial charge is 0.161 e. The van der Waals surface area contributed by atoms with Gasteiger partial charge in [0.1, 0.15) is 0 Å². The summed E-state index contributed by atoms with van der Waals surface area (Å²) in [6.07, 6.45) is 7.20. The lowest BCUT2D eigenvalue weighted by Crippen LogP contribution is -2.20. The van der Waals surface area contributed by atoms with Crippen molar-refractivity contribution in [3.63, 3.8) is 0 Å². The van der Waals surface area contributed by atoms with Crippen molar-refractivity contribution in [2.75, 3.05) is 33.9 Å². The molecule has 114 valence electrons. The second-order valence-electron chi connectivity index (χ2n) is 4.92. The Hall–Kier alpha value is -1.99. The van der Waals surface area contributed by atoms with Crippen molar-refractivity contribution in [3.8, 4) is 23.8 Å². The number of ether oxygens (including phenoxy) is 2. The zero-order chi connectivity index (χ0) is 15.7. The molecule has 0 saturated carbocycles. The topological polar surface area (TPSA) is 38.8 Å². The second kappa shape index (κ2) is 9.04. The first-order chi connectivity index (χ1) is 10.1. The van der Waals surface area contributed by atoms with E-state index < -0.39 is 0 Å². The average Bonchev–Trinajstić information content (AvgIpc) is 2.47. The lowest BCUT2D eigenvalue weighted by atomic mass is 10.1. The van der Waals surface area contributed by atoms with Crippen molar-refractivity contribution in [1.82, 2.24) is 4.90 Å². The minimum atomic E-state index is 0.0106. The maximum atomic E-state index is 11.3. The van der Waals surface area contributed by atoms with Crippen molar-refractivity contribution in [1.29, 1.82) is 0 Å². The summed E-state index contributed by atoms with van der Waals surface area (Å²) < 4.78 is 11.0. The van der Waals surface area contributed by atoms with Gasteiger partial charge < -0.3 is 9.47 Å². The van der Waals surface area contributed by atoms with E-state index in [1.807, 2.05) is 7.05 Å². The normalized spacial score (nSPS) is 10.2. The number of methoxy groups -OCH3 is 1. The SMILES string of the molecule is C#CCN(C)CCCCOc1ccc(C(C)=O)cc1OC. The van der Waals surface area contributed by atoms with Gasteiger partial charge in [0, 0.05) is 5.56 Å². The Morgan fingerprint density at radius 2 is 2.10 bits per heavy atom. The minimum absolute atomic E-state index is 0.0106.